The van der Waals surface area contributed by atoms with Gasteiger partial charge in [0.2, 0.25) is 0 Å². The van der Waals surface area contributed by atoms with Crippen molar-refractivity contribution in [2.75, 3.05) is 33.8 Å². The van der Waals surface area contributed by atoms with Crippen molar-refractivity contribution in [3.05, 3.63) is 29.8 Å². The third kappa shape index (κ3) is 6.43. The third-order valence-electron chi connectivity index (χ3n) is 2.74. The largest absolute Gasteiger partial charge is 0.492 e. The first-order chi connectivity index (χ1) is 9.63. The van der Waals surface area contributed by atoms with E-state index in [0.29, 0.717) is 19.1 Å². The molecule has 0 aliphatic heterocycles. The van der Waals surface area contributed by atoms with E-state index in [2.05, 4.69) is 22.1 Å². The molecule has 5 heteroatoms. The van der Waals surface area contributed by atoms with Crippen molar-refractivity contribution in [1.82, 2.24) is 10.2 Å². The number of hydrogen-bond donors (Lipinski definition) is 2. The van der Waals surface area contributed by atoms with Crippen molar-refractivity contribution in [3.8, 4) is 5.75 Å². The Morgan fingerprint density at radius 2 is 2.10 bits per heavy atom. The maximum atomic E-state index is 5.79. The number of hydrogen-bond acceptors (Lipinski definition) is 3. The van der Waals surface area contributed by atoms with Crippen LogP contribution in [-0.2, 0) is 6.54 Å². The van der Waals surface area contributed by atoms with Gasteiger partial charge in [0.1, 0.15) is 12.4 Å². The minimum Gasteiger partial charge on any atom is -0.492 e. The molecule has 0 saturated carbocycles. The summed E-state index contributed by atoms with van der Waals surface area (Å²) in [5.74, 6) is 1.36. The van der Waals surface area contributed by atoms with Crippen LogP contribution in [0.1, 0.15) is 18.9 Å². The van der Waals surface area contributed by atoms with E-state index in [1.807, 2.05) is 38.4 Å². The lowest BCUT2D eigenvalue weighted by Gasteiger charge is -2.13. The highest BCUT2D eigenvalue weighted by atomic mass is 16.5. The van der Waals surface area contributed by atoms with Crippen LogP contribution in [0.15, 0.2) is 29.3 Å². The first-order valence-electron chi connectivity index (χ1n) is 7.02. The second-order valence-electron chi connectivity index (χ2n) is 4.89. The maximum Gasteiger partial charge on any atom is 0.188 e. The summed E-state index contributed by atoms with van der Waals surface area (Å²) in [4.78, 5) is 6.42. The van der Waals surface area contributed by atoms with Gasteiger partial charge in [-0.15, -0.1) is 0 Å². The molecule has 0 aliphatic rings. The van der Waals surface area contributed by atoms with Crippen LogP contribution < -0.4 is 15.8 Å². The molecule has 0 aromatic heterocycles. The van der Waals surface area contributed by atoms with Crippen LogP contribution >= 0.6 is 0 Å². The molecule has 0 unspecified atom stereocenters. The number of benzene rings is 1. The number of nitrogens with zero attached hydrogens (tertiary/aromatic N) is 2. The molecule has 5 nitrogen and oxygen atoms in total. The summed E-state index contributed by atoms with van der Waals surface area (Å²) in [7, 11) is 4.05. The normalized spacial score (nSPS) is 11.7. The zero-order valence-corrected chi connectivity index (χ0v) is 12.7. The summed E-state index contributed by atoms with van der Waals surface area (Å²) in [6.45, 7) is 5.01. The number of para-hydroxylation sites is 1. The van der Waals surface area contributed by atoms with Gasteiger partial charge in [-0.3, -0.25) is 0 Å². The molecule has 3 N–H and O–H groups in total. The minimum atomic E-state index is 0.481. The number of nitrogens with two attached hydrogens (primary N) is 1. The van der Waals surface area contributed by atoms with Crippen molar-refractivity contribution in [2.24, 2.45) is 10.7 Å². The second-order valence-corrected chi connectivity index (χ2v) is 4.89. The van der Waals surface area contributed by atoms with Gasteiger partial charge < -0.3 is 20.7 Å². The molecule has 0 saturated heterocycles. The zero-order valence-electron chi connectivity index (χ0n) is 12.7. The molecule has 0 amide bonds. The number of likely N-dealkylation sites (N-methyl/N-ethyl adjacent to an activating group) is 1. The van der Waals surface area contributed by atoms with Gasteiger partial charge in [-0.2, -0.15) is 0 Å². The second kappa shape index (κ2) is 9.20. The van der Waals surface area contributed by atoms with Gasteiger partial charge in [-0.1, -0.05) is 25.1 Å². The molecule has 0 aliphatic carbocycles. The van der Waals surface area contributed by atoms with E-state index in [-0.39, 0.29) is 0 Å². The predicted molar refractivity (Wildman–Crippen MR) is 84.1 cm³/mol. The van der Waals surface area contributed by atoms with Crippen LogP contribution in [0.4, 0.5) is 0 Å². The van der Waals surface area contributed by atoms with E-state index in [1.165, 1.54) is 0 Å². The Hall–Kier alpha value is -1.75. The number of nitrogens with one attached hydrogen (secondary N) is 1. The summed E-state index contributed by atoms with van der Waals surface area (Å²) in [5.41, 5.74) is 6.84. The SMILES string of the molecule is CCCNC(N)=NCc1ccccc1OCCN(C)C. The maximum absolute atomic E-state index is 5.79. The van der Waals surface area contributed by atoms with Crippen LogP contribution in [0, 0.1) is 0 Å². The van der Waals surface area contributed by atoms with E-state index in [4.69, 9.17) is 10.5 Å². The van der Waals surface area contributed by atoms with Crippen LogP contribution in [0.3, 0.4) is 0 Å². The average molecular weight is 278 g/mol. The van der Waals surface area contributed by atoms with Gasteiger partial charge in [-0.25, -0.2) is 4.99 Å². The number of ether oxygens (including phenoxy) is 1. The van der Waals surface area contributed by atoms with E-state index >= 15 is 0 Å². The summed E-state index contributed by atoms with van der Waals surface area (Å²) in [6.07, 6.45) is 1.03. The highest BCUT2D eigenvalue weighted by molar-refractivity contribution is 5.77. The fourth-order valence-electron chi connectivity index (χ4n) is 1.59. The molecule has 0 bridgehead atoms. The molecule has 0 atom stereocenters. The smallest absolute Gasteiger partial charge is 0.188 e. The Bertz CT molecular complexity index is 418. The molecule has 0 radical (unpaired) electrons. The van der Waals surface area contributed by atoms with Gasteiger partial charge in [-0.05, 0) is 26.6 Å². The Morgan fingerprint density at radius 1 is 1.35 bits per heavy atom. The van der Waals surface area contributed by atoms with E-state index in [0.717, 1.165) is 30.8 Å². The highest BCUT2D eigenvalue weighted by Crippen LogP contribution is 2.18. The molecule has 0 fully saturated rings. The summed E-state index contributed by atoms with van der Waals surface area (Å²) < 4.78 is 5.79. The molecule has 0 heterocycles. The van der Waals surface area contributed by atoms with E-state index in [9.17, 15) is 0 Å². The van der Waals surface area contributed by atoms with E-state index in [1.54, 1.807) is 0 Å². The summed E-state index contributed by atoms with van der Waals surface area (Å²) in [6, 6.07) is 7.94. The first-order valence-corrected chi connectivity index (χ1v) is 7.02. The summed E-state index contributed by atoms with van der Waals surface area (Å²) in [5, 5.41) is 3.06. The van der Waals surface area contributed by atoms with Crippen molar-refractivity contribution < 1.29 is 4.74 Å². The molecular weight excluding hydrogens is 252 g/mol. The summed E-state index contributed by atoms with van der Waals surface area (Å²) >= 11 is 0. The Labute approximate surface area is 121 Å². The molecule has 1 aromatic carbocycles. The van der Waals surface area contributed by atoms with Crippen LogP contribution in [0.25, 0.3) is 0 Å². The average Bonchev–Trinajstić information content (AvgIpc) is 2.43. The topological polar surface area (TPSA) is 62.9 Å². The highest BCUT2D eigenvalue weighted by Gasteiger charge is 2.03. The lowest BCUT2D eigenvalue weighted by Crippen LogP contribution is -2.32. The number of rotatable bonds is 8. The van der Waals surface area contributed by atoms with Crippen LogP contribution in [0.5, 0.6) is 5.75 Å². The molecule has 20 heavy (non-hydrogen) atoms. The van der Waals surface area contributed by atoms with Crippen LogP contribution in [-0.4, -0.2) is 44.7 Å². The predicted octanol–water partition coefficient (Wildman–Crippen LogP) is 1.44. The van der Waals surface area contributed by atoms with E-state index < -0.39 is 0 Å². The molecule has 1 aromatic rings. The van der Waals surface area contributed by atoms with Gasteiger partial charge in [0.05, 0.1) is 6.54 Å². The monoisotopic (exact) mass is 278 g/mol. The Balaban J connectivity index is 2.56. The van der Waals surface area contributed by atoms with Crippen molar-refractivity contribution in [3.63, 3.8) is 0 Å². The van der Waals surface area contributed by atoms with Crippen molar-refractivity contribution in [1.29, 1.82) is 0 Å². The Kier molecular flexibility index (Phi) is 7.50. The minimum absolute atomic E-state index is 0.481. The quantitative estimate of drug-likeness (QED) is 0.558. The van der Waals surface area contributed by atoms with Crippen LogP contribution in [0.2, 0.25) is 0 Å². The third-order valence-corrected chi connectivity index (χ3v) is 2.74. The molecule has 0 spiro atoms. The zero-order chi connectivity index (χ0) is 14.8. The fourth-order valence-corrected chi connectivity index (χ4v) is 1.59. The number of guanidine groups is 1. The van der Waals surface area contributed by atoms with Crippen molar-refractivity contribution in [2.45, 2.75) is 19.9 Å². The van der Waals surface area contributed by atoms with Gasteiger partial charge >= 0.3 is 0 Å². The fraction of sp³-hybridized carbons (Fsp3) is 0.533. The lowest BCUT2D eigenvalue weighted by molar-refractivity contribution is 0.259. The molecule has 1 rings (SSSR count). The standard InChI is InChI=1S/C15H26N4O/c1-4-9-17-15(16)18-12-13-7-5-6-8-14(13)20-11-10-19(2)3/h5-8H,4,9-12H2,1-3H3,(H3,16,17,18). The molecule has 112 valence electrons. The number of aliphatic imine (C=N–C) groups is 1. The van der Waals surface area contributed by atoms with Crippen molar-refractivity contribution >= 4 is 5.96 Å². The van der Waals surface area contributed by atoms with Gasteiger partial charge in [0.25, 0.3) is 0 Å². The van der Waals surface area contributed by atoms with Gasteiger partial charge in [0, 0.05) is 18.7 Å². The van der Waals surface area contributed by atoms with Gasteiger partial charge in [0.15, 0.2) is 5.96 Å². The first kappa shape index (κ1) is 16.3. The molecular formula is C15H26N4O. The lowest BCUT2D eigenvalue weighted by atomic mass is 10.2. The Morgan fingerprint density at radius 3 is 2.80 bits per heavy atom.